The van der Waals surface area contributed by atoms with Crippen molar-refractivity contribution in [2.75, 3.05) is 39.4 Å². The average Bonchev–Trinajstić information content (AvgIpc) is 2.65. The van der Waals surface area contributed by atoms with E-state index in [1.54, 1.807) is 22.8 Å². The fourth-order valence-electron chi connectivity index (χ4n) is 2.56. The van der Waals surface area contributed by atoms with E-state index >= 15 is 0 Å². The fourth-order valence-corrected chi connectivity index (χ4v) is 2.56. The number of ether oxygens (including phenoxy) is 2. The SMILES string of the molecule is CCOC(=O)N1CCN(C(=O)COC(=O)/C=C/c2cccc(C)c2)CC1. The van der Waals surface area contributed by atoms with Gasteiger partial charge in [-0.25, -0.2) is 9.59 Å². The highest BCUT2D eigenvalue weighted by atomic mass is 16.6. The van der Waals surface area contributed by atoms with Crippen LogP contribution in [0.15, 0.2) is 30.3 Å². The summed E-state index contributed by atoms with van der Waals surface area (Å²) in [4.78, 5) is 38.6. The molecule has 2 amide bonds. The van der Waals surface area contributed by atoms with Crippen molar-refractivity contribution >= 4 is 24.0 Å². The number of piperazine rings is 1. The topological polar surface area (TPSA) is 76.2 Å². The van der Waals surface area contributed by atoms with Crippen LogP contribution in [-0.4, -0.2) is 67.2 Å². The predicted molar refractivity (Wildman–Crippen MR) is 96.3 cm³/mol. The largest absolute Gasteiger partial charge is 0.452 e. The van der Waals surface area contributed by atoms with Gasteiger partial charge in [-0.05, 0) is 25.5 Å². The van der Waals surface area contributed by atoms with Gasteiger partial charge in [0.25, 0.3) is 5.91 Å². The lowest BCUT2D eigenvalue weighted by Crippen LogP contribution is -2.51. The highest BCUT2D eigenvalue weighted by Crippen LogP contribution is 2.07. The summed E-state index contributed by atoms with van der Waals surface area (Å²) in [5.74, 6) is -0.837. The van der Waals surface area contributed by atoms with Gasteiger partial charge in [-0.2, -0.15) is 0 Å². The van der Waals surface area contributed by atoms with Crippen LogP contribution in [-0.2, 0) is 19.1 Å². The molecule has 0 aliphatic carbocycles. The second-order valence-electron chi connectivity index (χ2n) is 5.92. The maximum Gasteiger partial charge on any atom is 0.409 e. The van der Waals surface area contributed by atoms with Crippen LogP contribution in [0.2, 0.25) is 0 Å². The standard InChI is InChI=1S/C19H24N2O5/c1-3-25-19(24)21-11-9-20(10-12-21)17(22)14-26-18(23)8-7-16-6-4-5-15(2)13-16/h4-8,13H,3,9-12,14H2,1-2H3/b8-7+. The molecule has 0 aromatic heterocycles. The molecule has 7 heteroatoms. The molecule has 1 saturated heterocycles. The van der Waals surface area contributed by atoms with Crippen molar-refractivity contribution in [3.8, 4) is 0 Å². The number of nitrogens with zero attached hydrogens (tertiary/aromatic N) is 2. The van der Waals surface area contributed by atoms with Crippen LogP contribution in [0.5, 0.6) is 0 Å². The molecule has 0 radical (unpaired) electrons. The zero-order chi connectivity index (χ0) is 18.9. The third kappa shape index (κ3) is 5.91. The number of rotatable bonds is 5. The second-order valence-corrected chi connectivity index (χ2v) is 5.92. The molecule has 0 saturated carbocycles. The highest BCUT2D eigenvalue weighted by molar-refractivity contribution is 5.89. The molecule has 1 aliphatic heterocycles. The predicted octanol–water partition coefficient (Wildman–Crippen LogP) is 1.85. The molecular weight excluding hydrogens is 336 g/mol. The molecule has 0 N–H and O–H groups in total. The normalized spacial score (nSPS) is 14.4. The van der Waals surface area contributed by atoms with Crippen LogP contribution >= 0.6 is 0 Å². The molecule has 1 fully saturated rings. The van der Waals surface area contributed by atoms with E-state index in [1.807, 2.05) is 31.2 Å². The minimum absolute atomic E-state index is 0.272. The molecule has 1 aliphatic rings. The molecule has 7 nitrogen and oxygen atoms in total. The van der Waals surface area contributed by atoms with Gasteiger partial charge in [-0.3, -0.25) is 4.79 Å². The Morgan fingerprint density at radius 1 is 1.08 bits per heavy atom. The van der Waals surface area contributed by atoms with Gasteiger partial charge in [-0.15, -0.1) is 0 Å². The zero-order valence-corrected chi connectivity index (χ0v) is 15.1. The van der Waals surface area contributed by atoms with Crippen LogP contribution in [0.1, 0.15) is 18.1 Å². The van der Waals surface area contributed by atoms with E-state index in [1.165, 1.54) is 6.08 Å². The first-order valence-corrected chi connectivity index (χ1v) is 8.60. The Labute approximate surface area is 153 Å². The number of carbonyl (C=O) groups is 3. The Morgan fingerprint density at radius 2 is 1.77 bits per heavy atom. The minimum Gasteiger partial charge on any atom is -0.452 e. The minimum atomic E-state index is -0.565. The maximum atomic E-state index is 12.1. The van der Waals surface area contributed by atoms with Crippen molar-refractivity contribution in [1.29, 1.82) is 0 Å². The van der Waals surface area contributed by atoms with Gasteiger partial charge in [0.2, 0.25) is 0 Å². The Bertz CT molecular complexity index is 678. The van der Waals surface area contributed by atoms with E-state index < -0.39 is 5.97 Å². The number of hydrogen-bond acceptors (Lipinski definition) is 5. The van der Waals surface area contributed by atoms with Gasteiger partial charge in [-0.1, -0.05) is 29.8 Å². The first kappa shape index (κ1) is 19.5. The van der Waals surface area contributed by atoms with Crippen LogP contribution in [0.3, 0.4) is 0 Å². The quantitative estimate of drug-likeness (QED) is 0.592. The van der Waals surface area contributed by atoms with Gasteiger partial charge in [0.05, 0.1) is 6.61 Å². The van der Waals surface area contributed by atoms with E-state index in [-0.39, 0.29) is 18.6 Å². The van der Waals surface area contributed by atoms with Crippen molar-refractivity contribution in [1.82, 2.24) is 9.80 Å². The lowest BCUT2D eigenvalue weighted by Gasteiger charge is -2.33. The molecule has 1 aromatic carbocycles. The average molecular weight is 360 g/mol. The molecule has 0 unspecified atom stereocenters. The van der Waals surface area contributed by atoms with Gasteiger partial charge in [0, 0.05) is 32.3 Å². The summed E-state index contributed by atoms with van der Waals surface area (Å²) in [6.45, 7) is 5.34. The van der Waals surface area contributed by atoms with Crippen LogP contribution in [0.4, 0.5) is 4.79 Å². The summed E-state index contributed by atoms with van der Waals surface area (Å²) in [5.41, 5.74) is 1.99. The molecule has 2 rings (SSSR count). The number of carbonyl (C=O) groups excluding carboxylic acids is 3. The lowest BCUT2D eigenvalue weighted by molar-refractivity contribution is -0.148. The van der Waals surface area contributed by atoms with Gasteiger partial charge < -0.3 is 19.3 Å². The summed E-state index contributed by atoms with van der Waals surface area (Å²) in [7, 11) is 0. The van der Waals surface area contributed by atoms with Gasteiger partial charge >= 0.3 is 12.1 Å². The molecular formula is C19H24N2O5. The van der Waals surface area contributed by atoms with Crippen LogP contribution < -0.4 is 0 Å². The summed E-state index contributed by atoms with van der Waals surface area (Å²) >= 11 is 0. The number of esters is 1. The number of aryl methyl sites for hydroxylation is 1. The summed E-state index contributed by atoms with van der Waals surface area (Å²) in [5, 5.41) is 0. The van der Waals surface area contributed by atoms with Crippen molar-refractivity contribution < 1.29 is 23.9 Å². The Hall–Kier alpha value is -2.83. The van der Waals surface area contributed by atoms with E-state index in [2.05, 4.69) is 0 Å². The third-order valence-electron chi connectivity index (χ3n) is 3.95. The van der Waals surface area contributed by atoms with Crippen molar-refractivity contribution in [3.05, 3.63) is 41.5 Å². The van der Waals surface area contributed by atoms with Crippen LogP contribution in [0, 0.1) is 6.92 Å². The first-order valence-electron chi connectivity index (χ1n) is 8.60. The van der Waals surface area contributed by atoms with Gasteiger partial charge in [0.1, 0.15) is 0 Å². The molecule has 1 heterocycles. The third-order valence-corrected chi connectivity index (χ3v) is 3.95. The molecule has 1 aromatic rings. The summed E-state index contributed by atoms with van der Waals surface area (Å²) < 4.78 is 9.93. The second kappa shape index (κ2) is 9.60. The molecule has 0 bridgehead atoms. The lowest BCUT2D eigenvalue weighted by atomic mass is 10.1. The fraction of sp³-hybridized carbons (Fsp3) is 0.421. The van der Waals surface area contributed by atoms with Crippen LogP contribution in [0.25, 0.3) is 6.08 Å². The smallest absolute Gasteiger partial charge is 0.409 e. The van der Waals surface area contributed by atoms with E-state index in [9.17, 15) is 14.4 Å². The Kier molecular flexibility index (Phi) is 7.20. The zero-order valence-electron chi connectivity index (χ0n) is 15.1. The van der Waals surface area contributed by atoms with Gasteiger partial charge in [0.15, 0.2) is 6.61 Å². The van der Waals surface area contributed by atoms with Crippen molar-refractivity contribution in [2.45, 2.75) is 13.8 Å². The van der Waals surface area contributed by atoms with Crippen molar-refractivity contribution in [2.24, 2.45) is 0 Å². The van der Waals surface area contributed by atoms with E-state index in [0.717, 1.165) is 11.1 Å². The Morgan fingerprint density at radius 3 is 2.42 bits per heavy atom. The van der Waals surface area contributed by atoms with E-state index in [0.29, 0.717) is 32.8 Å². The molecule has 0 spiro atoms. The number of hydrogen-bond donors (Lipinski definition) is 0. The summed E-state index contributed by atoms with van der Waals surface area (Å²) in [6, 6.07) is 7.69. The van der Waals surface area contributed by atoms with Crippen molar-refractivity contribution in [3.63, 3.8) is 0 Å². The number of amides is 2. The maximum absolute atomic E-state index is 12.1. The number of benzene rings is 1. The highest BCUT2D eigenvalue weighted by Gasteiger charge is 2.25. The Balaban J connectivity index is 1.73. The first-order chi connectivity index (χ1) is 12.5. The molecule has 140 valence electrons. The summed E-state index contributed by atoms with van der Waals surface area (Å²) in [6.07, 6.45) is 2.59. The molecule has 26 heavy (non-hydrogen) atoms. The molecule has 0 atom stereocenters. The van der Waals surface area contributed by atoms with E-state index in [4.69, 9.17) is 9.47 Å². The monoisotopic (exact) mass is 360 g/mol.